The van der Waals surface area contributed by atoms with Crippen LogP contribution in [0.2, 0.25) is 0 Å². The molecule has 1 aromatic heterocycles. The zero-order valence-electron chi connectivity index (χ0n) is 12.3. The molecule has 2 aliphatic heterocycles. The Morgan fingerprint density at radius 1 is 1.52 bits per heavy atom. The number of carbonyl (C=O) groups excluding carboxylic acids is 1. The van der Waals surface area contributed by atoms with Crippen molar-refractivity contribution in [3.05, 3.63) is 22.4 Å². The molecule has 0 radical (unpaired) electrons. The molecule has 2 fully saturated rings. The fourth-order valence-corrected chi connectivity index (χ4v) is 4.54. The van der Waals surface area contributed by atoms with Gasteiger partial charge in [0.15, 0.2) is 0 Å². The summed E-state index contributed by atoms with van der Waals surface area (Å²) < 4.78 is 5.99. The van der Waals surface area contributed by atoms with E-state index in [1.165, 1.54) is 5.56 Å². The van der Waals surface area contributed by atoms with Crippen LogP contribution in [-0.4, -0.2) is 54.1 Å². The molecule has 116 valence electrons. The molecule has 1 amide bonds. The van der Waals surface area contributed by atoms with Gasteiger partial charge in [-0.2, -0.15) is 23.1 Å². The van der Waals surface area contributed by atoms with E-state index >= 15 is 0 Å². The maximum Gasteiger partial charge on any atom is 0.224 e. The van der Waals surface area contributed by atoms with Crippen LogP contribution in [-0.2, 0) is 9.53 Å². The van der Waals surface area contributed by atoms with Crippen LogP contribution in [0.3, 0.4) is 0 Å². The second-order valence-corrected chi connectivity index (χ2v) is 7.65. The van der Waals surface area contributed by atoms with Crippen LogP contribution < -0.4 is 5.32 Å². The van der Waals surface area contributed by atoms with Crippen molar-refractivity contribution in [2.45, 2.75) is 31.6 Å². The number of nitrogens with zero attached hydrogens (tertiary/aromatic N) is 1. The van der Waals surface area contributed by atoms with E-state index in [4.69, 9.17) is 4.74 Å². The Kier molecular flexibility index (Phi) is 5.21. The molecule has 2 aliphatic rings. The first-order valence-electron chi connectivity index (χ1n) is 7.49. The lowest BCUT2D eigenvalue weighted by atomic mass is 10.1. The minimum Gasteiger partial charge on any atom is -0.367 e. The molecular weight excluding hydrogens is 304 g/mol. The standard InChI is InChI=1S/C15H22N2O2S2/c1-11-7-17(8-14(19-11)12-2-4-20-9-12)15(18)6-13-10-21-5-3-16-13/h2,4,9,11,13-14,16H,3,5-8,10H2,1H3. The van der Waals surface area contributed by atoms with E-state index in [1.807, 2.05) is 23.6 Å². The average Bonchev–Trinajstić information content (AvgIpc) is 3.02. The fourth-order valence-electron chi connectivity index (χ4n) is 2.89. The van der Waals surface area contributed by atoms with Crippen molar-refractivity contribution in [3.63, 3.8) is 0 Å². The van der Waals surface area contributed by atoms with Crippen LogP contribution in [0.15, 0.2) is 16.8 Å². The zero-order valence-corrected chi connectivity index (χ0v) is 13.9. The second kappa shape index (κ2) is 7.13. The van der Waals surface area contributed by atoms with E-state index in [0.717, 1.165) is 18.1 Å². The van der Waals surface area contributed by atoms with E-state index in [2.05, 4.69) is 22.1 Å². The highest BCUT2D eigenvalue weighted by Gasteiger charge is 2.30. The molecule has 3 atom stereocenters. The van der Waals surface area contributed by atoms with Gasteiger partial charge in [-0.05, 0) is 29.3 Å². The van der Waals surface area contributed by atoms with Crippen LogP contribution in [0.5, 0.6) is 0 Å². The van der Waals surface area contributed by atoms with Crippen molar-refractivity contribution in [1.29, 1.82) is 0 Å². The lowest BCUT2D eigenvalue weighted by molar-refractivity contribution is -0.145. The number of thiophene rings is 1. The van der Waals surface area contributed by atoms with Crippen molar-refractivity contribution < 1.29 is 9.53 Å². The van der Waals surface area contributed by atoms with Gasteiger partial charge in [0.05, 0.1) is 12.6 Å². The van der Waals surface area contributed by atoms with Gasteiger partial charge in [0, 0.05) is 37.1 Å². The van der Waals surface area contributed by atoms with Gasteiger partial charge in [-0.15, -0.1) is 0 Å². The lowest BCUT2D eigenvalue weighted by Gasteiger charge is -2.37. The third-order valence-electron chi connectivity index (χ3n) is 3.95. The van der Waals surface area contributed by atoms with Gasteiger partial charge >= 0.3 is 0 Å². The van der Waals surface area contributed by atoms with Gasteiger partial charge in [-0.3, -0.25) is 4.79 Å². The first-order valence-corrected chi connectivity index (χ1v) is 9.58. The number of hydrogen-bond acceptors (Lipinski definition) is 5. The molecule has 0 spiro atoms. The molecule has 2 saturated heterocycles. The summed E-state index contributed by atoms with van der Waals surface area (Å²) in [6.45, 7) is 4.45. The molecule has 21 heavy (non-hydrogen) atoms. The molecule has 0 aromatic carbocycles. The number of rotatable bonds is 3. The fraction of sp³-hybridized carbons (Fsp3) is 0.667. The van der Waals surface area contributed by atoms with Gasteiger partial charge in [0.2, 0.25) is 5.91 Å². The molecule has 3 unspecified atom stereocenters. The third-order valence-corrected chi connectivity index (χ3v) is 5.78. The number of amides is 1. The number of thioether (sulfide) groups is 1. The zero-order chi connectivity index (χ0) is 14.7. The maximum absolute atomic E-state index is 12.6. The van der Waals surface area contributed by atoms with E-state index in [9.17, 15) is 4.79 Å². The minimum absolute atomic E-state index is 0.0256. The quantitative estimate of drug-likeness (QED) is 0.924. The largest absolute Gasteiger partial charge is 0.367 e. The Balaban J connectivity index is 1.59. The summed E-state index contributed by atoms with van der Waals surface area (Å²) in [6.07, 6.45) is 0.731. The highest BCUT2D eigenvalue weighted by atomic mass is 32.2. The van der Waals surface area contributed by atoms with Gasteiger partial charge in [0.25, 0.3) is 0 Å². The smallest absolute Gasteiger partial charge is 0.224 e. The van der Waals surface area contributed by atoms with Crippen molar-refractivity contribution in [1.82, 2.24) is 10.2 Å². The summed E-state index contributed by atoms with van der Waals surface area (Å²) in [7, 11) is 0. The summed E-state index contributed by atoms with van der Waals surface area (Å²) in [5, 5.41) is 7.62. The molecule has 0 saturated carbocycles. The van der Waals surface area contributed by atoms with Gasteiger partial charge in [-0.1, -0.05) is 0 Å². The number of morpholine rings is 1. The summed E-state index contributed by atoms with van der Waals surface area (Å²) in [5.74, 6) is 2.45. The molecule has 4 nitrogen and oxygen atoms in total. The third kappa shape index (κ3) is 4.00. The van der Waals surface area contributed by atoms with Crippen molar-refractivity contribution >= 4 is 29.0 Å². The number of hydrogen-bond donors (Lipinski definition) is 1. The van der Waals surface area contributed by atoms with Crippen LogP contribution >= 0.6 is 23.1 Å². The molecule has 3 heterocycles. The van der Waals surface area contributed by atoms with Crippen LogP contribution in [0.4, 0.5) is 0 Å². The number of nitrogens with one attached hydrogen (secondary N) is 1. The summed E-state index contributed by atoms with van der Waals surface area (Å²) in [5.41, 5.74) is 1.19. The summed E-state index contributed by atoms with van der Waals surface area (Å²) in [4.78, 5) is 14.5. The molecular formula is C15H22N2O2S2. The van der Waals surface area contributed by atoms with E-state index in [1.54, 1.807) is 11.3 Å². The van der Waals surface area contributed by atoms with Crippen molar-refractivity contribution in [2.24, 2.45) is 0 Å². The Bertz CT molecular complexity index is 460. The SMILES string of the molecule is CC1CN(C(=O)CC2CSCCN2)CC(c2ccsc2)O1. The minimum atomic E-state index is 0.0256. The predicted octanol–water partition coefficient (Wildman–Crippen LogP) is 2.13. The molecule has 6 heteroatoms. The Labute approximate surface area is 134 Å². The maximum atomic E-state index is 12.6. The second-order valence-electron chi connectivity index (χ2n) is 5.72. The van der Waals surface area contributed by atoms with Crippen LogP contribution in [0.25, 0.3) is 0 Å². The highest BCUT2D eigenvalue weighted by Crippen LogP contribution is 2.27. The topological polar surface area (TPSA) is 41.6 Å². The Morgan fingerprint density at radius 2 is 2.43 bits per heavy atom. The molecule has 3 rings (SSSR count). The predicted molar refractivity (Wildman–Crippen MR) is 87.9 cm³/mol. The summed E-state index contributed by atoms with van der Waals surface area (Å²) >= 11 is 3.61. The molecule has 1 aromatic rings. The number of carbonyl (C=O) groups is 1. The van der Waals surface area contributed by atoms with Gasteiger partial charge < -0.3 is 15.0 Å². The van der Waals surface area contributed by atoms with E-state index in [0.29, 0.717) is 25.6 Å². The Morgan fingerprint density at radius 3 is 3.14 bits per heavy atom. The van der Waals surface area contributed by atoms with E-state index < -0.39 is 0 Å². The monoisotopic (exact) mass is 326 g/mol. The molecule has 0 bridgehead atoms. The lowest BCUT2D eigenvalue weighted by Crippen LogP contribution is -2.48. The average molecular weight is 326 g/mol. The van der Waals surface area contributed by atoms with Gasteiger partial charge in [-0.25, -0.2) is 0 Å². The van der Waals surface area contributed by atoms with Crippen LogP contribution in [0.1, 0.15) is 25.0 Å². The van der Waals surface area contributed by atoms with Gasteiger partial charge in [0.1, 0.15) is 6.10 Å². The first kappa shape index (κ1) is 15.3. The molecule has 0 aliphatic carbocycles. The van der Waals surface area contributed by atoms with Crippen molar-refractivity contribution in [3.8, 4) is 0 Å². The van der Waals surface area contributed by atoms with Crippen LogP contribution in [0, 0.1) is 0 Å². The molecule has 1 N–H and O–H groups in total. The van der Waals surface area contributed by atoms with Crippen molar-refractivity contribution in [2.75, 3.05) is 31.1 Å². The number of ether oxygens (including phenoxy) is 1. The highest BCUT2D eigenvalue weighted by molar-refractivity contribution is 7.99. The Hall–Kier alpha value is -0.560. The summed E-state index contributed by atoms with van der Waals surface area (Å²) in [6, 6.07) is 2.42. The first-order chi connectivity index (χ1) is 10.2. The van der Waals surface area contributed by atoms with E-state index in [-0.39, 0.29) is 18.1 Å². The normalized spacial score (nSPS) is 30.3.